The van der Waals surface area contributed by atoms with Gasteiger partial charge in [-0.15, -0.1) is 0 Å². The van der Waals surface area contributed by atoms with Crippen molar-refractivity contribution in [1.82, 2.24) is 5.32 Å². The van der Waals surface area contributed by atoms with Gasteiger partial charge in [-0.2, -0.15) is 0 Å². The van der Waals surface area contributed by atoms with Gasteiger partial charge in [-0.1, -0.05) is 26.3 Å². The summed E-state index contributed by atoms with van der Waals surface area (Å²) in [6.07, 6.45) is 5.82. The van der Waals surface area contributed by atoms with E-state index in [0.29, 0.717) is 19.3 Å². The molecule has 3 fully saturated rings. The summed E-state index contributed by atoms with van der Waals surface area (Å²) >= 11 is 0. The van der Waals surface area contributed by atoms with Crippen molar-refractivity contribution in [2.45, 2.75) is 110 Å². The van der Waals surface area contributed by atoms with E-state index in [-0.39, 0.29) is 60.2 Å². The molecule has 8 heteroatoms. The molecule has 4 rings (SSSR count). The first-order valence-electron chi connectivity index (χ1n) is 14.0. The van der Waals surface area contributed by atoms with E-state index in [1.165, 1.54) is 0 Å². The van der Waals surface area contributed by atoms with Crippen LogP contribution in [-0.2, 0) is 23.9 Å². The Morgan fingerprint density at radius 1 is 1.16 bits per heavy atom. The van der Waals surface area contributed by atoms with Crippen LogP contribution in [0.1, 0.15) is 91.9 Å². The van der Waals surface area contributed by atoms with Crippen molar-refractivity contribution in [3.63, 3.8) is 0 Å². The second-order valence-electron chi connectivity index (χ2n) is 12.4. The highest BCUT2D eigenvalue weighted by atomic mass is 16.5. The van der Waals surface area contributed by atoms with Gasteiger partial charge in [-0.3, -0.25) is 19.2 Å². The second-order valence-corrected chi connectivity index (χ2v) is 12.4. The first-order valence-corrected chi connectivity index (χ1v) is 14.0. The number of fused-ring (bicyclic) bond motifs is 5. The predicted octanol–water partition coefficient (Wildman–Crippen LogP) is 3.03. The number of hydrogen-bond donors (Lipinski definition) is 3. The number of esters is 1. The number of ether oxygens (including phenoxy) is 1. The number of ketones is 2. The lowest BCUT2D eigenvalue weighted by Crippen LogP contribution is -2.62. The van der Waals surface area contributed by atoms with Gasteiger partial charge in [0.2, 0.25) is 11.7 Å². The zero-order valence-corrected chi connectivity index (χ0v) is 22.7. The maximum absolute atomic E-state index is 13.3. The maximum atomic E-state index is 13.3. The van der Waals surface area contributed by atoms with E-state index in [9.17, 15) is 29.4 Å². The number of hydrogen-bond acceptors (Lipinski definition) is 7. The molecule has 4 aliphatic carbocycles. The Bertz CT molecular complexity index is 991. The molecule has 3 saturated carbocycles. The second kappa shape index (κ2) is 10.3. The molecule has 8 nitrogen and oxygen atoms in total. The Morgan fingerprint density at radius 2 is 1.89 bits per heavy atom. The molecule has 4 aliphatic rings. The lowest BCUT2D eigenvalue weighted by Gasteiger charge is -2.60. The molecular formula is C29H43NO7. The summed E-state index contributed by atoms with van der Waals surface area (Å²) < 4.78 is 5.19. The first kappa shape index (κ1) is 28.0. The summed E-state index contributed by atoms with van der Waals surface area (Å²) in [6.45, 7) is 7.37. The average Bonchev–Trinajstić information content (AvgIpc) is 3.12. The Morgan fingerprint density at radius 3 is 2.59 bits per heavy atom. The first-order chi connectivity index (χ1) is 17.4. The Hall–Kier alpha value is -2.06. The monoisotopic (exact) mass is 517 g/mol. The molecule has 37 heavy (non-hydrogen) atoms. The Labute approximate surface area is 219 Å². The van der Waals surface area contributed by atoms with Crippen LogP contribution < -0.4 is 5.32 Å². The number of allylic oxidation sites excluding steroid dienone is 1. The largest absolute Gasteiger partial charge is 0.458 e. The smallest absolute Gasteiger partial charge is 0.306 e. The van der Waals surface area contributed by atoms with Gasteiger partial charge in [0, 0.05) is 24.3 Å². The number of Topliss-reactive ketones (excluding diaryl/α,β-unsaturated/α-hetero) is 1. The average molecular weight is 518 g/mol. The predicted molar refractivity (Wildman–Crippen MR) is 136 cm³/mol. The van der Waals surface area contributed by atoms with Crippen LogP contribution in [0.3, 0.4) is 0 Å². The molecule has 0 radical (unpaired) electrons. The van der Waals surface area contributed by atoms with Crippen LogP contribution in [0.5, 0.6) is 0 Å². The number of aliphatic hydroxyl groups excluding tert-OH is 1. The van der Waals surface area contributed by atoms with Crippen LogP contribution >= 0.6 is 0 Å². The van der Waals surface area contributed by atoms with Crippen LogP contribution in [-0.4, -0.2) is 58.0 Å². The third kappa shape index (κ3) is 4.80. The standard InChI is InChI=1S/C29H43NO7/c1-5-17(2)30-24(34)8-9-25(35)37-16-23(33)29(36)13-11-21-20-7-6-18-14-19(31)10-12-27(18,3)26(20)22(32)15-28(21,29)4/h14,17,20-22,26,32,36H,5-13,15-16H2,1-4H3,(H,30,34)/t17?,20?,21?,22?,26?,27-,28-,29-/m0/s1. The topological polar surface area (TPSA) is 130 Å². The molecule has 0 heterocycles. The molecule has 0 saturated heterocycles. The number of carbonyl (C=O) groups excluding carboxylic acids is 4. The van der Waals surface area contributed by atoms with Crippen LogP contribution in [0.15, 0.2) is 11.6 Å². The van der Waals surface area contributed by atoms with Crippen LogP contribution in [0.2, 0.25) is 0 Å². The lowest BCUT2D eigenvalue weighted by molar-refractivity contribution is -0.184. The van der Waals surface area contributed by atoms with E-state index in [1.54, 1.807) is 6.08 Å². The number of aliphatic hydroxyl groups is 2. The maximum Gasteiger partial charge on any atom is 0.306 e. The van der Waals surface area contributed by atoms with E-state index < -0.39 is 35.5 Å². The fourth-order valence-corrected chi connectivity index (χ4v) is 8.15. The summed E-state index contributed by atoms with van der Waals surface area (Å²) in [4.78, 5) is 49.5. The highest BCUT2D eigenvalue weighted by Crippen LogP contribution is 2.67. The van der Waals surface area contributed by atoms with Gasteiger partial charge >= 0.3 is 5.97 Å². The fraction of sp³-hybridized carbons (Fsp3) is 0.793. The van der Waals surface area contributed by atoms with E-state index in [1.807, 2.05) is 20.8 Å². The number of carbonyl (C=O) groups is 4. The molecule has 8 atom stereocenters. The SMILES string of the molecule is CCC(C)NC(=O)CCC(=O)OCC(=O)[C@@]1(O)CCC2C3CCC4=CC(=O)CC[C@]4(C)C3C(O)C[C@@]21C. The van der Waals surface area contributed by atoms with Gasteiger partial charge in [-0.25, -0.2) is 0 Å². The quantitative estimate of drug-likeness (QED) is 0.422. The molecule has 0 spiro atoms. The van der Waals surface area contributed by atoms with Crippen LogP contribution in [0.4, 0.5) is 0 Å². The fourth-order valence-electron chi connectivity index (χ4n) is 8.15. The molecular weight excluding hydrogens is 474 g/mol. The van der Waals surface area contributed by atoms with Gasteiger partial charge in [0.15, 0.2) is 12.4 Å². The number of nitrogens with one attached hydrogen (secondary N) is 1. The van der Waals surface area contributed by atoms with Crippen LogP contribution in [0.25, 0.3) is 0 Å². The highest BCUT2D eigenvalue weighted by Gasteiger charge is 2.68. The molecule has 0 bridgehead atoms. The normalized spacial score (nSPS) is 39.5. The summed E-state index contributed by atoms with van der Waals surface area (Å²) in [5.41, 5.74) is -1.60. The van der Waals surface area contributed by atoms with Gasteiger partial charge in [-0.05, 0) is 81.1 Å². The van der Waals surface area contributed by atoms with Crippen molar-refractivity contribution in [3.05, 3.63) is 11.6 Å². The van der Waals surface area contributed by atoms with E-state index in [4.69, 9.17) is 4.74 Å². The van der Waals surface area contributed by atoms with Gasteiger partial charge in [0.25, 0.3) is 0 Å². The van der Waals surface area contributed by atoms with Crippen molar-refractivity contribution in [2.24, 2.45) is 28.6 Å². The van der Waals surface area contributed by atoms with Crippen molar-refractivity contribution in [3.8, 4) is 0 Å². The van der Waals surface area contributed by atoms with Gasteiger partial charge in [0.05, 0.1) is 12.5 Å². The van der Waals surface area contributed by atoms with Crippen molar-refractivity contribution in [2.75, 3.05) is 6.61 Å². The Balaban J connectivity index is 1.41. The van der Waals surface area contributed by atoms with Gasteiger partial charge in [0.1, 0.15) is 5.60 Å². The molecule has 0 aromatic heterocycles. The van der Waals surface area contributed by atoms with E-state index >= 15 is 0 Å². The minimum Gasteiger partial charge on any atom is -0.458 e. The lowest BCUT2D eigenvalue weighted by atomic mass is 9.45. The Kier molecular flexibility index (Phi) is 7.75. The molecule has 5 unspecified atom stereocenters. The zero-order valence-electron chi connectivity index (χ0n) is 22.7. The third-order valence-corrected chi connectivity index (χ3v) is 10.4. The molecule has 206 valence electrons. The van der Waals surface area contributed by atoms with Crippen molar-refractivity contribution < 1.29 is 34.1 Å². The summed E-state index contributed by atoms with van der Waals surface area (Å²) in [5.74, 6) is -1.06. The molecule has 3 N–H and O–H groups in total. The highest BCUT2D eigenvalue weighted by molar-refractivity contribution is 5.92. The zero-order chi connectivity index (χ0) is 27.2. The summed E-state index contributed by atoms with van der Waals surface area (Å²) in [5, 5.41) is 26.0. The van der Waals surface area contributed by atoms with E-state index in [0.717, 1.165) is 31.3 Å². The summed E-state index contributed by atoms with van der Waals surface area (Å²) in [6, 6.07) is 0.0239. The molecule has 0 aliphatic heterocycles. The number of amides is 1. The third-order valence-electron chi connectivity index (χ3n) is 10.4. The molecule has 1 amide bonds. The summed E-state index contributed by atoms with van der Waals surface area (Å²) in [7, 11) is 0. The van der Waals surface area contributed by atoms with Crippen molar-refractivity contribution in [1.29, 1.82) is 0 Å². The minimum atomic E-state index is -1.68. The minimum absolute atomic E-state index is 0.00414. The molecule has 0 aromatic rings. The van der Waals surface area contributed by atoms with E-state index in [2.05, 4.69) is 12.2 Å². The number of rotatable bonds is 8. The molecule has 0 aromatic carbocycles. The van der Waals surface area contributed by atoms with Gasteiger partial charge < -0.3 is 20.3 Å². The van der Waals surface area contributed by atoms with Crippen LogP contribution in [0, 0.1) is 28.6 Å². The van der Waals surface area contributed by atoms with Crippen molar-refractivity contribution >= 4 is 23.4 Å².